The van der Waals surface area contributed by atoms with Crippen LogP contribution in [0.3, 0.4) is 0 Å². The normalized spacial score (nSPS) is 11.9. The van der Waals surface area contributed by atoms with Crippen LogP contribution in [0.15, 0.2) is 91.3 Å². The minimum absolute atomic E-state index is 0.0206. The van der Waals surface area contributed by atoms with Crippen LogP contribution in [0.5, 0.6) is 0 Å². The van der Waals surface area contributed by atoms with Crippen LogP contribution >= 0.6 is 0 Å². The van der Waals surface area contributed by atoms with E-state index in [2.05, 4.69) is 10.3 Å². The van der Waals surface area contributed by atoms with E-state index >= 15 is 0 Å². The Labute approximate surface area is 256 Å². The lowest BCUT2D eigenvalue weighted by atomic mass is 10.1. The molecule has 230 valence electrons. The van der Waals surface area contributed by atoms with E-state index in [-0.39, 0.29) is 24.6 Å². The molecule has 0 aliphatic rings. The van der Waals surface area contributed by atoms with Crippen molar-refractivity contribution in [3.05, 3.63) is 124 Å². The zero-order valence-corrected chi connectivity index (χ0v) is 25.1. The maximum absolute atomic E-state index is 12.9. The summed E-state index contributed by atoms with van der Waals surface area (Å²) in [4.78, 5) is 42.0. The SMILES string of the molecule is CC(C)(C)OC(=O)N(CCc1ccc(NC(=O)Cc2nccn2Cc2ccc([N+](=O)[O-])cc2)cc1)C[C@H](O)c1ccccc1. The van der Waals surface area contributed by atoms with Gasteiger partial charge in [0.05, 0.1) is 24.0 Å². The van der Waals surface area contributed by atoms with Crippen molar-refractivity contribution in [1.82, 2.24) is 14.5 Å². The zero-order chi connectivity index (χ0) is 31.7. The summed E-state index contributed by atoms with van der Waals surface area (Å²) in [5, 5.41) is 24.5. The molecule has 1 atom stereocenters. The van der Waals surface area contributed by atoms with Crippen LogP contribution in [0.4, 0.5) is 16.2 Å². The number of nitro benzene ring substituents is 1. The van der Waals surface area contributed by atoms with Gasteiger partial charge in [-0.1, -0.05) is 54.6 Å². The van der Waals surface area contributed by atoms with Crippen molar-refractivity contribution in [1.29, 1.82) is 0 Å². The van der Waals surface area contributed by atoms with Crippen molar-refractivity contribution in [2.75, 3.05) is 18.4 Å². The molecule has 2 N–H and O–H groups in total. The molecule has 4 rings (SSSR count). The van der Waals surface area contributed by atoms with Gasteiger partial charge < -0.3 is 24.6 Å². The quantitative estimate of drug-likeness (QED) is 0.161. The number of carbonyl (C=O) groups excluding carboxylic acids is 2. The van der Waals surface area contributed by atoms with Gasteiger partial charge in [-0.15, -0.1) is 0 Å². The second-order valence-electron chi connectivity index (χ2n) is 11.4. The highest BCUT2D eigenvalue weighted by atomic mass is 16.6. The van der Waals surface area contributed by atoms with E-state index in [9.17, 15) is 24.8 Å². The molecule has 0 saturated heterocycles. The molecule has 1 aromatic heterocycles. The smallest absolute Gasteiger partial charge is 0.410 e. The first kappa shape index (κ1) is 31.9. The fourth-order valence-electron chi connectivity index (χ4n) is 4.51. The van der Waals surface area contributed by atoms with Crippen LogP contribution in [0.25, 0.3) is 0 Å². The first-order chi connectivity index (χ1) is 21.0. The fourth-order valence-corrected chi connectivity index (χ4v) is 4.51. The van der Waals surface area contributed by atoms with Gasteiger partial charge in [0.1, 0.15) is 11.4 Å². The summed E-state index contributed by atoms with van der Waals surface area (Å²) >= 11 is 0. The lowest BCUT2D eigenvalue weighted by Crippen LogP contribution is -2.40. The number of nitrogens with zero attached hydrogens (tertiary/aromatic N) is 4. The molecule has 4 aromatic rings. The average Bonchev–Trinajstić information content (AvgIpc) is 3.41. The maximum atomic E-state index is 12.9. The van der Waals surface area contributed by atoms with Gasteiger partial charge in [0.15, 0.2) is 0 Å². The van der Waals surface area contributed by atoms with Crippen molar-refractivity contribution >= 4 is 23.4 Å². The first-order valence-electron chi connectivity index (χ1n) is 14.3. The predicted octanol–water partition coefficient (Wildman–Crippen LogP) is 5.53. The van der Waals surface area contributed by atoms with Crippen LogP contribution < -0.4 is 5.32 Å². The number of rotatable bonds is 12. The monoisotopic (exact) mass is 599 g/mol. The molecule has 0 fully saturated rings. The molecular formula is C33H37N5O6. The summed E-state index contributed by atoms with van der Waals surface area (Å²) in [6.45, 7) is 6.26. The number of nitro groups is 1. The second kappa shape index (κ2) is 14.4. The average molecular weight is 600 g/mol. The van der Waals surface area contributed by atoms with E-state index in [0.717, 1.165) is 16.7 Å². The number of imidazole rings is 1. The minimum atomic E-state index is -0.856. The molecule has 11 heteroatoms. The summed E-state index contributed by atoms with van der Waals surface area (Å²) in [5.41, 5.74) is 2.49. The Kier molecular flexibility index (Phi) is 10.5. The zero-order valence-electron chi connectivity index (χ0n) is 25.1. The highest BCUT2D eigenvalue weighted by Gasteiger charge is 2.24. The Bertz CT molecular complexity index is 1550. The lowest BCUT2D eigenvalue weighted by molar-refractivity contribution is -0.384. The van der Waals surface area contributed by atoms with Gasteiger partial charge >= 0.3 is 6.09 Å². The van der Waals surface area contributed by atoms with Crippen LogP contribution in [0.1, 0.15) is 49.4 Å². The van der Waals surface area contributed by atoms with E-state index in [4.69, 9.17) is 4.74 Å². The largest absolute Gasteiger partial charge is 0.444 e. The van der Waals surface area contributed by atoms with E-state index in [1.54, 1.807) is 57.4 Å². The molecule has 1 heterocycles. The summed E-state index contributed by atoms with van der Waals surface area (Å²) in [6.07, 6.45) is 2.60. The molecule has 0 bridgehead atoms. The fraction of sp³-hybridized carbons (Fsp3) is 0.303. The topological polar surface area (TPSA) is 140 Å². The van der Waals surface area contributed by atoms with Crippen LogP contribution in [-0.4, -0.2) is 55.2 Å². The van der Waals surface area contributed by atoms with Crippen LogP contribution in [0, 0.1) is 10.1 Å². The Morgan fingerprint density at radius 2 is 1.68 bits per heavy atom. The van der Waals surface area contributed by atoms with Gasteiger partial charge in [-0.05, 0) is 56.0 Å². The van der Waals surface area contributed by atoms with Gasteiger partial charge in [0, 0.05) is 43.3 Å². The van der Waals surface area contributed by atoms with Crippen LogP contribution in [-0.2, 0) is 28.9 Å². The number of aliphatic hydroxyl groups excluding tert-OH is 1. The Hall–Kier alpha value is -5.03. The summed E-state index contributed by atoms with van der Waals surface area (Å²) < 4.78 is 7.41. The van der Waals surface area contributed by atoms with Crippen molar-refractivity contribution < 1.29 is 24.4 Å². The summed E-state index contributed by atoms with van der Waals surface area (Å²) in [7, 11) is 0. The third kappa shape index (κ3) is 9.50. The maximum Gasteiger partial charge on any atom is 0.410 e. The number of amides is 2. The molecular weight excluding hydrogens is 562 g/mol. The van der Waals surface area contributed by atoms with Gasteiger partial charge in [-0.3, -0.25) is 14.9 Å². The highest BCUT2D eigenvalue weighted by Crippen LogP contribution is 2.19. The van der Waals surface area contributed by atoms with Crippen molar-refractivity contribution in [2.24, 2.45) is 0 Å². The van der Waals surface area contributed by atoms with E-state index < -0.39 is 22.7 Å². The molecule has 11 nitrogen and oxygen atoms in total. The number of carbonyl (C=O) groups is 2. The van der Waals surface area contributed by atoms with Crippen molar-refractivity contribution in [3.63, 3.8) is 0 Å². The number of aromatic nitrogens is 2. The molecule has 44 heavy (non-hydrogen) atoms. The number of ether oxygens (including phenoxy) is 1. The molecule has 0 aliphatic carbocycles. The van der Waals surface area contributed by atoms with Crippen molar-refractivity contribution in [2.45, 2.75) is 51.9 Å². The van der Waals surface area contributed by atoms with Crippen LogP contribution in [0.2, 0.25) is 0 Å². The number of nitrogens with one attached hydrogen (secondary N) is 1. The van der Waals surface area contributed by atoms with Gasteiger partial charge in [-0.25, -0.2) is 9.78 Å². The van der Waals surface area contributed by atoms with Gasteiger partial charge in [0.25, 0.3) is 5.69 Å². The predicted molar refractivity (Wildman–Crippen MR) is 166 cm³/mol. The lowest BCUT2D eigenvalue weighted by Gasteiger charge is -2.29. The second-order valence-corrected chi connectivity index (χ2v) is 11.4. The Morgan fingerprint density at radius 3 is 2.32 bits per heavy atom. The third-order valence-corrected chi connectivity index (χ3v) is 6.76. The Balaban J connectivity index is 1.32. The number of anilines is 1. The molecule has 2 amide bonds. The van der Waals surface area contributed by atoms with Gasteiger partial charge in [0.2, 0.25) is 5.91 Å². The first-order valence-corrected chi connectivity index (χ1v) is 14.3. The minimum Gasteiger partial charge on any atom is -0.444 e. The highest BCUT2D eigenvalue weighted by molar-refractivity contribution is 5.91. The Morgan fingerprint density at radius 1 is 1.02 bits per heavy atom. The number of benzene rings is 3. The molecule has 0 aliphatic heterocycles. The summed E-state index contributed by atoms with van der Waals surface area (Å²) in [5.74, 6) is 0.331. The van der Waals surface area contributed by atoms with Gasteiger partial charge in [-0.2, -0.15) is 0 Å². The van der Waals surface area contributed by atoms with E-state index in [1.165, 1.54) is 17.0 Å². The van der Waals surface area contributed by atoms with E-state index in [0.29, 0.717) is 31.0 Å². The number of hydrogen-bond donors (Lipinski definition) is 2. The number of hydrogen-bond acceptors (Lipinski definition) is 7. The molecule has 0 spiro atoms. The summed E-state index contributed by atoms with van der Waals surface area (Å²) in [6, 6.07) is 22.8. The number of aliphatic hydroxyl groups is 1. The third-order valence-electron chi connectivity index (χ3n) is 6.76. The van der Waals surface area contributed by atoms with E-state index in [1.807, 2.05) is 47.0 Å². The van der Waals surface area contributed by atoms with Crippen molar-refractivity contribution in [3.8, 4) is 0 Å². The molecule has 0 saturated carbocycles. The molecule has 3 aromatic carbocycles. The standard InChI is InChI=1S/C33H37N5O6/c1-33(2,3)44-32(41)37(23-29(39)26-7-5-4-6-8-26)19-17-24-9-13-27(14-10-24)35-31(40)21-30-34-18-20-36(30)22-25-11-15-28(16-12-25)38(42)43/h4-16,18,20,29,39H,17,19,21-23H2,1-3H3,(H,35,40)/t29-/m0/s1. The molecule has 0 radical (unpaired) electrons. The molecule has 0 unspecified atom stereocenters. The number of non-ortho nitro benzene ring substituents is 1.